The molecule has 2 fully saturated rings. The largest absolute Gasteiger partial charge is 0.465 e. The number of amides is 1. The zero-order valence-corrected chi connectivity index (χ0v) is 20.4. The lowest BCUT2D eigenvalue weighted by Gasteiger charge is -2.32. The Morgan fingerprint density at radius 3 is 2.43 bits per heavy atom. The number of fused-ring (bicyclic) bond motifs is 1. The van der Waals surface area contributed by atoms with Crippen molar-refractivity contribution in [3.8, 4) is 5.75 Å². The second-order valence-electron chi connectivity index (χ2n) is 8.62. The highest BCUT2D eigenvalue weighted by atomic mass is 16.7. The van der Waals surface area contributed by atoms with Gasteiger partial charge >= 0.3 is 5.63 Å². The van der Waals surface area contributed by atoms with Crippen LogP contribution in [0.25, 0.3) is 11.0 Å². The number of aldehydes is 1. The van der Waals surface area contributed by atoms with Crippen LogP contribution >= 0.6 is 0 Å². The molecule has 7 N–H and O–H groups in total. The Morgan fingerprint density at radius 2 is 1.81 bits per heavy atom. The van der Waals surface area contributed by atoms with Crippen molar-refractivity contribution in [2.24, 2.45) is 5.73 Å². The van der Waals surface area contributed by atoms with Crippen LogP contribution in [0.5, 0.6) is 5.75 Å². The molecular weight excluding hydrogens is 494 g/mol. The average Bonchev–Trinajstić information content (AvgIpc) is 2.80. The van der Waals surface area contributed by atoms with Gasteiger partial charge in [-0.05, 0) is 24.6 Å². The number of primary amides is 1. The lowest BCUT2D eigenvalue weighted by atomic mass is 10.0. The zero-order valence-electron chi connectivity index (χ0n) is 20.4. The van der Waals surface area contributed by atoms with Gasteiger partial charge in [0.15, 0.2) is 12.6 Å². The molecule has 37 heavy (non-hydrogen) atoms. The van der Waals surface area contributed by atoms with Crippen molar-refractivity contribution in [1.82, 2.24) is 0 Å². The Bertz CT molecular complexity index is 1090. The van der Waals surface area contributed by atoms with Crippen molar-refractivity contribution in [2.75, 3.05) is 6.61 Å². The third kappa shape index (κ3) is 9.48. The van der Waals surface area contributed by atoms with E-state index in [4.69, 9.17) is 34.3 Å². The number of benzene rings is 1. The molecule has 206 valence electrons. The van der Waals surface area contributed by atoms with Crippen LogP contribution in [0.2, 0.25) is 0 Å². The first-order valence-electron chi connectivity index (χ1n) is 11.5. The summed E-state index contributed by atoms with van der Waals surface area (Å²) in [6.45, 7) is 2.98. The fourth-order valence-corrected chi connectivity index (χ4v) is 3.67. The highest BCUT2D eigenvalue weighted by molar-refractivity contribution is 5.81. The molecule has 2 aliphatic heterocycles. The minimum Gasteiger partial charge on any atom is -0.465 e. The van der Waals surface area contributed by atoms with E-state index >= 15 is 0 Å². The van der Waals surface area contributed by atoms with E-state index in [1.165, 1.54) is 13.0 Å². The van der Waals surface area contributed by atoms with Crippen LogP contribution in [-0.2, 0) is 19.1 Å². The molecule has 13 nitrogen and oxygen atoms in total. The van der Waals surface area contributed by atoms with Gasteiger partial charge in [0, 0.05) is 43.7 Å². The normalized spacial score (nSPS) is 29.2. The number of nitrogens with two attached hydrogens (primary N) is 1. The molecule has 0 radical (unpaired) electrons. The Labute approximate surface area is 212 Å². The molecule has 1 aromatic carbocycles. The number of hydrogen-bond donors (Lipinski definition) is 6. The first-order valence-corrected chi connectivity index (χ1v) is 11.5. The lowest BCUT2D eigenvalue weighted by Crippen LogP contribution is -2.48. The molecule has 6 unspecified atom stereocenters. The molecule has 2 aliphatic rings. The third-order valence-corrected chi connectivity index (χ3v) is 5.36. The summed E-state index contributed by atoms with van der Waals surface area (Å²) in [5.41, 5.74) is 5.34. The fraction of sp³-hybridized carbons (Fsp3) is 0.542. The number of rotatable bonds is 4. The van der Waals surface area contributed by atoms with Gasteiger partial charge in [-0.2, -0.15) is 0 Å². The number of aliphatic hydroxyl groups is 5. The predicted molar refractivity (Wildman–Crippen MR) is 127 cm³/mol. The highest BCUT2D eigenvalue weighted by Gasteiger charge is 2.35. The van der Waals surface area contributed by atoms with E-state index in [0.717, 1.165) is 10.9 Å². The van der Waals surface area contributed by atoms with E-state index in [1.807, 2.05) is 13.0 Å². The summed E-state index contributed by atoms with van der Waals surface area (Å²) in [5.74, 6) is 0.150. The molecule has 0 spiro atoms. The fourth-order valence-electron chi connectivity index (χ4n) is 3.67. The molecule has 7 atom stereocenters. The Hall–Kier alpha value is -2.91. The van der Waals surface area contributed by atoms with E-state index in [0.29, 0.717) is 30.5 Å². The molecule has 1 aromatic heterocycles. The number of aliphatic hydroxyl groups excluding tert-OH is 5. The van der Waals surface area contributed by atoms with Gasteiger partial charge in [-0.3, -0.25) is 4.79 Å². The van der Waals surface area contributed by atoms with Crippen molar-refractivity contribution in [3.05, 3.63) is 40.2 Å². The SMILES string of the molecule is CC(N)=O.Cc1cc(=O)oc2cc(OC3CC(O)C[C@@H](CO)O3)ccc12.O=CC1OC(O)CC(O)C1O. The Morgan fingerprint density at radius 1 is 1.14 bits per heavy atom. The second kappa shape index (κ2) is 14.1. The third-order valence-electron chi connectivity index (χ3n) is 5.36. The molecule has 0 saturated carbocycles. The maximum absolute atomic E-state index is 11.4. The summed E-state index contributed by atoms with van der Waals surface area (Å²) in [6.07, 6.45) is -5.24. The maximum atomic E-state index is 11.4. The van der Waals surface area contributed by atoms with Crippen LogP contribution in [0.1, 0.15) is 31.7 Å². The molecule has 13 heteroatoms. The predicted octanol–water partition coefficient (Wildman–Crippen LogP) is -1.16. The number of carbonyl (C=O) groups excluding carboxylic acids is 2. The molecule has 2 aromatic rings. The van der Waals surface area contributed by atoms with Gasteiger partial charge in [-0.25, -0.2) is 4.79 Å². The lowest BCUT2D eigenvalue weighted by molar-refractivity contribution is -0.223. The van der Waals surface area contributed by atoms with Gasteiger partial charge < -0.3 is 54.7 Å². The van der Waals surface area contributed by atoms with Crippen LogP contribution in [0.15, 0.2) is 33.5 Å². The van der Waals surface area contributed by atoms with Gasteiger partial charge in [-0.15, -0.1) is 0 Å². The second-order valence-corrected chi connectivity index (χ2v) is 8.62. The summed E-state index contributed by atoms with van der Waals surface area (Å²) >= 11 is 0. The smallest absolute Gasteiger partial charge is 0.336 e. The van der Waals surface area contributed by atoms with Gasteiger partial charge in [-0.1, -0.05) is 0 Å². The molecular formula is C24H33NO12. The first kappa shape index (κ1) is 30.3. The van der Waals surface area contributed by atoms with E-state index in [2.05, 4.69) is 10.5 Å². The van der Waals surface area contributed by atoms with E-state index in [9.17, 15) is 19.5 Å². The summed E-state index contributed by atoms with van der Waals surface area (Å²) in [7, 11) is 0. The summed E-state index contributed by atoms with van der Waals surface area (Å²) in [5, 5.41) is 46.6. The van der Waals surface area contributed by atoms with E-state index in [1.54, 1.807) is 12.1 Å². The van der Waals surface area contributed by atoms with Gasteiger partial charge in [0.05, 0.1) is 24.9 Å². The van der Waals surface area contributed by atoms with Gasteiger partial charge in [0.1, 0.15) is 23.5 Å². The van der Waals surface area contributed by atoms with Crippen LogP contribution < -0.4 is 16.1 Å². The topological polar surface area (TPSA) is 219 Å². The van der Waals surface area contributed by atoms with Crippen molar-refractivity contribution in [2.45, 2.75) is 76.2 Å². The average molecular weight is 528 g/mol. The maximum Gasteiger partial charge on any atom is 0.336 e. The van der Waals surface area contributed by atoms with Crippen molar-refractivity contribution < 1.29 is 53.7 Å². The molecule has 2 saturated heterocycles. The Balaban J connectivity index is 0.000000268. The van der Waals surface area contributed by atoms with Crippen molar-refractivity contribution in [1.29, 1.82) is 0 Å². The minimum absolute atomic E-state index is 0.0640. The van der Waals surface area contributed by atoms with Crippen LogP contribution in [0, 0.1) is 6.92 Å². The molecule has 1 amide bonds. The van der Waals surface area contributed by atoms with Crippen LogP contribution in [0.4, 0.5) is 0 Å². The molecule has 3 heterocycles. The van der Waals surface area contributed by atoms with Crippen molar-refractivity contribution in [3.63, 3.8) is 0 Å². The monoisotopic (exact) mass is 527 g/mol. The summed E-state index contributed by atoms with van der Waals surface area (Å²) < 4.78 is 21.0. The summed E-state index contributed by atoms with van der Waals surface area (Å²) in [4.78, 5) is 30.8. The quantitative estimate of drug-likeness (QED) is 0.205. The summed E-state index contributed by atoms with van der Waals surface area (Å²) in [6, 6.07) is 6.64. The van der Waals surface area contributed by atoms with Crippen LogP contribution in [0.3, 0.4) is 0 Å². The number of aryl methyl sites for hydroxylation is 1. The molecule has 0 bridgehead atoms. The number of hydrogen-bond acceptors (Lipinski definition) is 12. The molecule has 0 aliphatic carbocycles. The van der Waals surface area contributed by atoms with Crippen molar-refractivity contribution >= 4 is 23.2 Å². The van der Waals surface area contributed by atoms with E-state index < -0.39 is 48.7 Å². The Kier molecular flexibility index (Phi) is 11.6. The zero-order chi connectivity index (χ0) is 27.7. The highest BCUT2D eigenvalue weighted by Crippen LogP contribution is 2.26. The van der Waals surface area contributed by atoms with Gasteiger partial charge in [0.25, 0.3) is 0 Å². The minimum atomic E-state index is -1.23. The number of carbonyl (C=O) groups is 2. The standard InChI is InChI=1S/C16H18O6.C6H10O5.C2H5NO/c1-9-4-15(19)22-14-7-11(2-3-13(9)14)20-16-6-10(18)5-12(8-17)21-16;7-2-4-6(10)3(8)1-5(9)11-4;1-2(3)4/h2-4,7,10,12,16-18H,5-6,8H2,1H3;2-6,8-10H,1H2;1H3,(H2,3,4)/t10?,12-,16?;;/m0../s1. The number of ether oxygens (including phenoxy) is 3. The molecule has 4 rings (SSSR count). The van der Waals surface area contributed by atoms with Crippen LogP contribution in [-0.4, -0.2) is 87.4 Å². The van der Waals surface area contributed by atoms with Gasteiger partial charge in [0.2, 0.25) is 12.2 Å². The van der Waals surface area contributed by atoms with E-state index in [-0.39, 0.29) is 18.9 Å². The first-order chi connectivity index (χ1) is 17.4.